The lowest BCUT2D eigenvalue weighted by Crippen LogP contribution is -2.46. The van der Waals surface area contributed by atoms with Crippen molar-refractivity contribution in [1.82, 2.24) is 14.9 Å². The lowest BCUT2D eigenvalue weighted by atomic mass is 9.80. The number of sulfonamides is 1. The molecule has 0 saturated carbocycles. The highest BCUT2D eigenvalue weighted by atomic mass is 32.2. The van der Waals surface area contributed by atoms with Crippen LogP contribution in [0.25, 0.3) is 0 Å². The topological polar surface area (TPSA) is 121 Å². The molecule has 1 aromatic rings. The number of ether oxygens (including phenoxy) is 1. The summed E-state index contributed by atoms with van der Waals surface area (Å²) in [5.74, 6) is -1.04. The van der Waals surface area contributed by atoms with E-state index in [4.69, 9.17) is 4.74 Å². The van der Waals surface area contributed by atoms with Gasteiger partial charge in [0, 0.05) is 19.8 Å². The number of hydrogen-bond donors (Lipinski definition) is 3. The molecular weight excluding hydrogens is 310 g/mol. The molecule has 2 rings (SSSR count). The van der Waals surface area contributed by atoms with E-state index in [1.807, 2.05) is 13.8 Å². The molecule has 1 fully saturated rings. The van der Waals surface area contributed by atoms with Crippen molar-refractivity contribution in [3.8, 4) is 0 Å². The van der Waals surface area contributed by atoms with Gasteiger partial charge in [-0.25, -0.2) is 13.1 Å². The summed E-state index contributed by atoms with van der Waals surface area (Å²) in [6.07, 6.45) is 1.82. The summed E-state index contributed by atoms with van der Waals surface area (Å²) in [6, 6.07) is 0. The molecule has 1 aliphatic rings. The molecule has 8 nitrogen and oxygen atoms in total. The molecule has 2 heterocycles. The maximum Gasteiger partial charge on any atom is 0.311 e. The molecule has 9 heteroatoms. The van der Waals surface area contributed by atoms with Gasteiger partial charge in [-0.1, -0.05) is 13.8 Å². The van der Waals surface area contributed by atoms with Crippen molar-refractivity contribution in [1.29, 1.82) is 0 Å². The van der Waals surface area contributed by atoms with E-state index in [9.17, 15) is 18.3 Å². The van der Waals surface area contributed by atoms with E-state index in [2.05, 4.69) is 14.9 Å². The van der Waals surface area contributed by atoms with Crippen molar-refractivity contribution in [3.63, 3.8) is 0 Å². The number of aliphatic carboxylic acids is 1. The largest absolute Gasteiger partial charge is 0.481 e. The first kappa shape index (κ1) is 16.9. The molecule has 0 amide bonds. The summed E-state index contributed by atoms with van der Waals surface area (Å²) in [7, 11) is -3.81. The van der Waals surface area contributed by atoms with Crippen LogP contribution in [0.4, 0.5) is 0 Å². The van der Waals surface area contributed by atoms with Crippen LogP contribution < -0.4 is 4.72 Å². The maximum absolute atomic E-state index is 12.4. The number of carboxylic acids is 1. The molecule has 0 aromatic carbocycles. The van der Waals surface area contributed by atoms with Gasteiger partial charge in [-0.05, 0) is 18.8 Å². The molecule has 3 N–H and O–H groups in total. The zero-order chi connectivity index (χ0) is 16.4. The van der Waals surface area contributed by atoms with Crippen molar-refractivity contribution in [3.05, 3.63) is 11.9 Å². The molecule has 0 unspecified atom stereocenters. The summed E-state index contributed by atoms with van der Waals surface area (Å²) in [5.41, 5.74) is -0.614. The second-order valence-electron chi connectivity index (χ2n) is 5.83. The summed E-state index contributed by atoms with van der Waals surface area (Å²) in [5, 5.41) is 15.9. The Morgan fingerprint density at radius 1 is 1.50 bits per heavy atom. The average molecular weight is 331 g/mol. The third kappa shape index (κ3) is 3.31. The van der Waals surface area contributed by atoms with Gasteiger partial charge in [0.15, 0.2) is 0 Å². The van der Waals surface area contributed by atoms with Crippen molar-refractivity contribution in [2.45, 2.75) is 37.5 Å². The summed E-state index contributed by atoms with van der Waals surface area (Å²) in [6.45, 7) is 4.18. The smallest absolute Gasteiger partial charge is 0.311 e. The van der Waals surface area contributed by atoms with E-state index in [1.165, 1.54) is 6.20 Å². The number of H-pyrrole nitrogens is 1. The fourth-order valence-electron chi connectivity index (χ4n) is 2.45. The van der Waals surface area contributed by atoms with Gasteiger partial charge < -0.3 is 9.84 Å². The normalized spacial score (nSPS) is 18.5. The lowest BCUT2D eigenvalue weighted by Gasteiger charge is -2.33. The first-order valence-electron chi connectivity index (χ1n) is 7.12. The van der Waals surface area contributed by atoms with Crippen LogP contribution in [0, 0.1) is 5.41 Å². The quantitative estimate of drug-likeness (QED) is 0.705. The Morgan fingerprint density at radius 2 is 2.14 bits per heavy atom. The van der Waals surface area contributed by atoms with Crippen molar-refractivity contribution in [2.24, 2.45) is 5.41 Å². The first-order valence-corrected chi connectivity index (χ1v) is 8.61. The fourth-order valence-corrected chi connectivity index (χ4v) is 3.84. The Balaban J connectivity index is 2.18. The van der Waals surface area contributed by atoms with Crippen molar-refractivity contribution in [2.75, 3.05) is 19.8 Å². The van der Waals surface area contributed by atoms with Crippen LogP contribution in [0.1, 0.15) is 38.3 Å². The molecule has 0 spiro atoms. The number of nitrogens with zero attached hydrogens (tertiary/aromatic N) is 1. The van der Waals surface area contributed by atoms with E-state index in [0.717, 1.165) is 0 Å². The van der Waals surface area contributed by atoms with Crippen LogP contribution in [0.2, 0.25) is 0 Å². The minimum atomic E-state index is -3.81. The lowest BCUT2D eigenvalue weighted by molar-refractivity contribution is -0.154. The predicted octanol–water partition coefficient (Wildman–Crippen LogP) is 0.693. The number of carboxylic acid groups (broad SMARTS) is 1. The van der Waals surface area contributed by atoms with Gasteiger partial charge in [0.1, 0.15) is 4.90 Å². The fraction of sp³-hybridized carbons (Fsp3) is 0.692. The van der Waals surface area contributed by atoms with Crippen LogP contribution >= 0.6 is 0 Å². The number of hydrogen-bond acceptors (Lipinski definition) is 5. The number of aromatic amines is 1. The van der Waals surface area contributed by atoms with Gasteiger partial charge in [0.25, 0.3) is 0 Å². The van der Waals surface area contributed by atoms with Crippen LogP contribution in [-0.2, 0) is 19.6 Å². The number of carbonyl (C=O) groups is 1. The van der Waals surface area contributed by atoms with E-state index in [-0.39, 0.29) is 30.2 Å². The van der Waals surface area contributed by atoms with Gasteiger partial charge in [-0.2, -0.15) is 5.10 Å². The number of aromatic nitrogens is 2. The highest BCUT2D eigenvalue weighted by molar-refractivity contribution is 7.89. The van der Waals surface area contributed by atoms with E-state index < -0.39 is 21.4 Å². The van der Waals surface area contributed by atoms with Crippen LogP contribution in [-0.4, -0.2) is 49.4 Å². The van der Waals surface area contributed by atoms with Crippen molar-refractivity contribution >= 4 is 16.0 Å². The minimum absolute atomic E-state index is 0.0365. The highest BCUT2D eigenvalue weighted by Gasteiger charge is 2.41. The Labute approximate surface area is 129 Å². The van der Waals surface area contributed by atoms with E-state index in [1.54, 1.807) is 0 Å². The Kier molecular flexibility index (Phi) is 4.88. The Bertz CT molecular complexity index is 632. The van der Waals surface area contributed by atoms with Gasteiger partial charge in [-0.15, -0.1) is 0 Å². The van der Waals surface area contributed by atoms with E-state index >= 15 is 0 Å². The molecule has 0 aliphatic carbocycles. The highest BCUT2D eigenvalue weighted by Crippen LogP contribution is 2.31. The first-order chi connectivity index (χ1) is 10.3. The summed E-state index contributed by atoms with van der Waals surface area (Å²) in [4.78, 5) is 11.6. The maximum atomic E-state index is 12.4. The monoisotopic (exact) mass is 331 g/mol. The molecule has 1 saturated heterocycles. The molecule has 0 atom stereocenters. The second kappa shape index (κ2) is 6.35. The second-order valence-corrected chi connectivity index (χ2v) is 7.56. The zero-order valence-electron chi connectivity index (χ0n) is 12.6. The molecule has 1 aliphatic heterocycles. The number of rotatable bonds is 6. The minimum Gasteiger partial charge on any atom is -0.481 e. The van der Waals surface area contributed by atoms with Gasteiger partial charge in [0.2, 0.25) is 10.0 Å². The van der Waals surface area contributed by atoms with Gasteiger partial charge in [-0.3, -0.25) is 9.89 Å². The summed E-state index contributed by atoms with van der Waals surface area (Å²) < 4.78 is 32.5. The van der Waals surface area contributed by atoms with Crippen LogP contribution in [0.5, 0.6) is 0 Å². The van der Waals surface area contributed by atoms with Crippen LogP contribution in [0.3, 0.4) is 0 Å². The SMILES string of the molecule is CC(C)c1[nH]ncc1S(=O)(=O)NCC1(C(=O)O)CCOCC1. The third-order valence-corrected chi connectivity index (χ3v) is 5.43. The average Bonchev–Trinajstić information content (AvgIpc) is 2.97. The van der Waals surface area contributed by atoms with Gasteiger partial charge in [0.05, 0.1) is 17.3 Å². The standard InChI is InChI=1S/C13H21N3O5S/c1-9(2)11-10(7-14-16-11)22(19,20)15-8-13(12(17)18)3-5-21-6-4-13/h7,9,15H,3-6,8H2,1-2H3,(H,14,16)(H,17,18). The van der Waals surface area contributed by atoms with Gasteiger partial charge >= 0.3 is 5.97 Å². The van der Waals surface area contributed by atoms with Crippen molar-refractivity contribution < 1.29 is 23.1 Å². The predicted molar refractivity (Wildman–Crippen MR) is 78.0 cm³/mol. The molecule has 0 radical (unpaired) electrons. The molecule has 0 bridgehead atoms. The summed E-state index contributed by atoms with van der Waals surface area (Å²) >= 11 is 0. The molecule has 22 heavy (non-hydrogen) atoms. The number of nitrogens with one attached hydrogen (secondary N) is 2. The Hall–Kier alpha value is -1.45. The van der Waals surface area contributed by atoms with E-state index in [0.29, 0.717) is 18.9 Å². The molecular formula is C13H21N3O5S. The molecule has 1 aromatic heterocycles. The third-order valence-electron chi connectivity index (χ3n) is 4.00. The van der Waals surface area contributed by atoms with Crippen LogP contribution in [0.15, 0.2) is 11.1 Å². The zero-order valence-corrected chi connectivity index (χ0v) is 13.4. The molecule has 124 valence electrons. The Morgan fingerprint density at radius 3 is 2.68 bits per heavy atom.